The summed E-state index contributed by atoms with van der Waals surface area (Å²) < 4.78 is 12.1. The normalized spacial score (nSPS) is 11.6. The van der Waals surface area contributed by atoms with Gasteiger partial charge in [-0.3, -0.25) is 4.79 Å². The maximum absolute atomic E-state index is 12.2. The first-order valence-corrected chi connectivity index (χ1v) is 7.84. The van der Waals surface area contributed by atoms with Crippen LogP contribution in [0.3, 0.4) is 0 Å². The predicted molar refractivity (Wildman–Crippen MR) is 90.5 cm³/mol. The van der Waals surface area contributed by atoms with E-state index in [1.54, 1.807) is 13.0 Å². The summed E-state index contributed by atoms with van der Waals surface area (Å²) in [6.07, 6.45) is -0.615. The lowest BCUT2D eigenvalue weighted by molar-refractivity contribution is -0.122. The average Bonchev–Trinajstić information content (AvgIpc) is 2.51. The summed E-state index contributed by atoms with van der Waals surface area (Å²) >= 11 is 3.36. The quantitative estimate of drug-likeness (QED) is 0.834. The van der Waals surface area contributed by atoms with E-state index in [-0.39, 0.29) is 5.91 Å². The van der Waals surface area contributed by atoms with Gasteiger partial charge in [-0.2, -0.15) is 0 Å². The number of para-hydroxylation sites is 2. The molecule has 0 saturated heterocycles. The zero-order chi connectivity index (χ0) is 15.9. The fourth-order valence-corrected chi connectivity index (χ4v) is 2.12. The number of carbonyl (C=O) groups excluding carboxylic acids is 1. The van der Waals surface area contributed by atoms with Crippen LogP contribution >= 0.6 is 15.9 Å². The van der Waals surface area contributed by atoms with Crippen molar-refractivity contribution in [2.75, 3.05) is 11.9 Å². The number of carbonyl (C=O) groups is 1. The molecule has 1 N–H and O–H groups in total. The second-order valence-electron chi connectivity index (χ2n) is 4.63. The minimum atomic E-state index is -0.615. The number of rotatable bonds is 6. The molecule has 2 rings (SSSR count). The van der Waals surface area contributed by atoms with Crippen LogP contribution in [0.15, 0.2) is 53.0 Å². The van der Waals surface area contributed by atoms with Gasteiger partial charge in [0.25, 0.3) is 5.91 Å². The second kappa shape index (κ2) is 7.84. The van der Waals surface area contributed by atoms with E-state index in [9.17, 15) is 4.79 Å². The number of benzene rings is 2. The van der Waals surface area contributed by atoms with Crippen LogP contribution in [0.25, 0.3) is 0 Å². The highest BCUT2D eigenvalue weighted by Gasteiger charge is 2.16. The number of anilines is 1. The van der Waals surface area contributed by atoms with Gasteiger partial charge < -0.3 is 14.8 Å². The van der Waals surface area contributed by atoms with Crippen molar-refractivity contribution in [3.8, 4) is 11.5 Å². The molecule has 0 bridgehead atoms. The molecule has 0 aliphatic carbocycles. The van der Waals surface area contributed by atoms with Crippen molar-refractivity contribution in [3.63, 3.8) is 0 Å². The summed E-state index contributed by atoms with van der Waals surface area (Å²) in [5.41, 5.74) is 0.639. The van der Waals surface area contributed by atoms with Gasteiger partial charge in [-0.1, -0.05) is 28.1 Å². The lowest BCUT2D eigenvalue weighted by atomic mass is 10.2. The Balaban J connectivity index is 2.01. The van der Waals surface area contributed by atoms with Gasteiger partial charge in [-0.15, -0.1) is 0 Å². The summed E-state index contributed by atoms with van der Waals surface area (Å²) in [6.45, 7) is 4.15. The van der Waals surface area contributed by atoms with Crippen LogP contribution in [0.1, 0.15) is 13.8 Å². The Bertz CT molecular complexity index is 628. The van der Waals surface area contributed by atoms with E-state index < -0.39 is 6.10 Å². The third-order valence-electron chi connectivity index (χ3n) is 2.94. The largest absolute Gasteiger partial charge is 0.492 e. The van der Waals surface area contributed by atoms with Crippen LogP contribution in [0.5, 0.6) is 11.5 Å². The maximum Gasteiger partial charge on any atom is 0.265 e. The Kier molecular flexibility index (Phi) is 5.83. The minimum Gasteiger partial charge on any atom is -0.492 e. The van der Waals surface area contributed by atoms with E-state index in [1.165, 1.54) is 0 Å². The second-order valence-corrected chi connectivity index (χ2v) is 5.55. The lowest BCUT2D eigenvalue weighted by Gasteiger charge is -2.16. The molecule has 116 valence electrons. The fraction of sp³-hybridized carbons (Fsp3) is 0.235. The number of hydrogen-bond donors (Lipinski definition) is 1. The molecule has 0 radical (unpaired) electrons. The Morgan fingerprint density at radius 1 is 1.18 bits per heavy atom. The molecule has 0 heterocycles. The van der Waals surface area contributed by atoms with Crippen molar-refractivity contribution in [2.24, 2.45) is 0 Å². The number of hydrogen-bond acceptors (Lipinski definition) is 3. The summed E-state index contributed by atoms with van der Waals surface area (Å²) in [5, 5.41) is 2.83. The molecule has 2 aromatic rings. The molecule has 0 spiro atoms. The molecule has 0 aliphatic heterocycles. The standard InChI is InChI=1S/C17H18BrNO3/c1-3-21-16-7-5-4-6-15(16)19-17(20)12(2)22-14-10-8-13(18)9-11-14/h4-12H,3H2,1-2H3,(H,19,20)/t12-/m1/s1. The molecule has 5 heteroatoms. The van der Waals surface area contributed by atoms with Gasteiger partial charge in [-0.25, -0.2) is 0 Å². The van der Waals surface area contributed by atoms with Gasteiger partial charge in [0.05, 0.1) is 12.3 Å². The SMILES string of the molecule is CCOc1ccccc1NC(=O)[C@@H](C)Oc1ccc(Br)cc1. The predicted octanol–water partition coefficient (Wildman–Crippen LogP) is 4.25. The van der Waals surface area contributed by atoms with Crippen LogP contribution in [-0.2, 0) is 4.79 Å². The van der Waals surface area contributed by atoms with Gasteiger partial charge >= 0.3 is 0 Å². The molecular formula is C17H18BrNO3. The summed E-state index contributed by atoms with van der Waals surface area (Å²) in [6, 6.07) is 14.7. The molecule has 0 saturated carbocycles. The maximum atomic E-state index is 12.2. The van der Waals surface area contributed by atoms with Crippen LogP contribution in [0, 0.1) is 0 Å². The van der Waals surface area contributed by atoms with Gasteiger partial charge in [0.2, 0.25) is 0 Å². The van der Waals surface area contributed by atoms with Crippen molar-refractivity contribution < 1.29 is 14.3 Å². The van der Waals surface area contributed by atoms with Crippen molar-refractivity contribution in [2.45, 2.75) is 20.0 Å². The van der Waals surface area contributed by atoms with Gasteiger partial charge in [0, 0.05) is 4.47 Å². The van der Waals surface area contributed by atoms with Crippen molar-refractivity contribution >= 4 is 27.5 Å². The van der Waals surface area contributed by atoms with Gasteiger partial charge in [0.15, 0.2) is 6.10 Å². The van der Waals surface area contributed by atoms with E-state index in [0.29, 0.717) is 23.8 Å². The molecule has 22 heavy (non-hydrogen) atoms. The number of halogens is 1. The molecule has 2 aromatic carbocycles. The van der Waals surface area contributed by atoms with Crippen LogP contribution in [-0.4, -0.2) is 18.6 Å². The first-order valence-electron chi connectivity index (χ1n) is 7.05. The van der Waals surface area contributed by atoms with Gasteiger partial charge in [-0.05, 0) is 50.2 Å². The highest BCUT2D eigenvalue weighted by atomic mass is 79.9. The first kappa shape index (κ1) is 16.4. The molecule has 1 amide bonds. The van der Waals surface area contributed by atoms with Crippen LogP contribution < -0.4 is 14.8 Å². The Hall–Kier alpha value is -2.01. The number of nitrogens with one attached hydrogen (secondary N) is 1. The molecule has 0 unspecified atom stereocenters. The third kappa shape index (κ3) is 4.49. The third-order valence-corrected chi connectivity index (χ3v) is 3.47. The van der Waals surface area contributed by atoms with E-state index >= 15 is 0 Å². The van der Waals surface area contributed by atoms with Crippen molar-refractivity contribution in [1.29, 1.82) is 0 Å². The fourth-order valence-electron chi connectivity index (χ4n) is 1.86. The van der Waals surface area contributed by atoms with E-state index in [0.717, 1.165) is 4.47 Å². The summed E-state index contributed by atoms with van der Waals surface area (Å²) in [4.78, 5) is 12.2. The molecule has 0 fully saturated rings. The number of ether oxygens (including phenoxy) is 2. The van der Waals surface area contributed by atoms with Gasteiger partial charge in [0.1, 0.15) is 11.5 Å². The highest BCUT2D eigenvalue weighted by Crippen LogP contribution is 2.24. The summed E-state index contributed by atoms with van der Waals surface area (Å²) in [5.74, 6) is 1.06. The lowest BCUT2D eigenvalue weighted by Crippen LogP contribution is -2.30. The zero-order valence-corrected chi connectivity index (χ0v) is 14.1. The molecule has 4 nitrogen and oxygen atoms in total. The Labute approximate surface area is 138 Å². The van der Waals surface area contributed by atoms with Crippen LogP contribution in [0.2, 0.25) is 0 Å². The van der Waals surface area contributed by atoms with Crippen molar-refractivity contribution in [3.05, 3.63) is 53.0 Å². The first-order chi connectivity index (χ1) is 10.6. The van der Waals surface area contributed by atoms with Crippen LogP contribution in [0.4, 0.5) is 5.69 Å². The molecule has 0 aromatic heterocycles. The molecule has 0 aliphatic rings. The Morgan fingerprint density at radius 2 is 1.86 bits per heavy atom. The minimum absolute atomic E-state index is 0.227. The topological polar surface area (TPSA) is 47.6 Å². The average molecular weight is 364 g/mol. The zero-order valence-electron chi connectivity index (χ0n) is 12.5. The molecule has 1 atom stereocenters. The molecular weight excluding hydrogens is 346 g/mol. The number of amides is 1. The highest BCUT2D eigenvalue weighted by molar-refractivity contribution is 9.10. The Morgan fingerprint density at radius 3 is 2.55 bits per heavy atom. The van der Waals surface area contributed by atoms with Crippen molar-refractivity contribution in [1.82, 2.24) is 0 Å². The van der Waals surface area contributed by atoms with E-state index in [1.807, 2.05) is 49.4 Å². The van der Waals surface area contributed by atoms with E-state index in [2.05, 4.69) is 21.2 Å². The van der Waals surface area contributed by atoms with E-state index in [4.69, 9.17) is 9.47 Å². The summed E-state index contributed by atoms with van der Waals surface area (Å²) in [7, 11) is 0. The monoisotopic (exact) mass is 363 g/mol. The smallest absolute Gasteiger partial charge is 0.265 e.